The molecule has 0 aliphatic heterocycles. The fourth-order valence-electron chi connectivity index (χ4n) is 1.75. The Labute approximate surface area is 122 Å². The molecule has 0 amide bonds. The van der Waals surface area contributed by atoms with Crippen molar-refractivity contribution in [1.29, 1.82) is 0 Å². The number of hydrogen-bond donors (Lipinski definition) is 1. The van der Waals surface area contributed by atoms with E-state index in [1.165, 1.54) is 41.5 Å². The number of nitrogens with zero attached hydrogens (tertiary/aromatic N) is 1. The number of benzene rings is 2. The van der Waals surface area contributed by atoms with Crippen LogP contribution in [0.3, 0.4) is 0 Å². The van der Waals surface area contributed by atoms with Gasteiger partial charge < -0.3 is 5.11 Å². The lowest BCUT2D eigenvalue weighted by molar-refractivity contribution is 0.0696. The lowest BCUT2D eigenvalue weighted by Gasteiger charge is -2.03. The van der Waals surface area contributed by atoms with Gasteiger partial charge in [-0.2, -0.15) is 4.37 Å². The van der Waals surface area contributed by atoms with Gasteiger partial charge in [0.05, 0.1) is 15.3 Å². The van der Waals surface area contributed by atoms with Crippen LogP contribution >= 0.6 is 23.3 Å². The van der Waals surface area contributed by atoms with E-state index in [1.807, 2.05) is 24.3 Å². The molecule has 100 valence electrons. The Bertz CT molecular complexity index is 801. The van der Waals surface area contributed by atoms with Gasteiger partial charge in [-0.05, 0) is 35.8 Å². The Morgan fingerprint density at radius 1 is 1.25 bits per heavy atom. The molecule has 0 aliphatic rings. The molecule has 0 atom stereocenters. The summed E-state index contributed by atoms with van der Waals surface area (Å²) >= 11 is 2.48. The van der Waals surface area contributed by atoms with Crippen molar-refractivity contribution in [2.75, 3.05) is 0 Å². The SMILES string of the molecule is O=C(O)c1ccc(F)c(Sc2snc3ccccc23)c1. The van der Waals surface area contributed by atoms with Crippen LogP contribution in [0.2, 0.25) is 0 Å². The molecule has 3 aromatic rings. The van der Waals surface area contributed by atoms with Crippen LogP contribution in [0.4, 0.5) is 4.39 Å². The maximum absolute atomic E-state index is 13.8. The first-order valence-electron chi connectivity index (χ1n) is 5.70. The zero-order valence-corrected chi connectivity index (χ0v) is 11.7. The van der Waals surface area contributed by atoms with E-state index in [2.05, 4.69) is 4.37 Å². The second kappa shape index (κ2) is 5.22. The summed E-state index contributed by atoms with van der Waals surface area (Å²) in [6.45, 7) is 0. The fraction of sp³-hybridized carbons (Fsp3) is 0. The first kappa shape index (κ1) is 13.1. The number of hydrogen-bond acceptors (Lipinski definition) is 4. The third-order valence-corrected chi connectivity index (χ3v) is 4.82. The second-order valence-corrected chi connectivity index (χ2v) is 6.12. The minimum Gasteiger partial charge on any atom is -0.478 e. The van der Waals surface area contributed by atoms with Crippen LogP contribution in [0.25, 0.3) is 10.9 Å². The Balaban J connectivity index is 2.02. The van der Waals surface area contributed by atoms with Crippen molar-refractivity contribution in [3.05, 3.63) is 53.8 Å². The molecule has 0 bridgehead atoms. The monoisotopic (exact) mass is 305 g/mol. The zero-order chi connectivity index (χ0) is 14.1. The molecular formula is C14H8FNO2S2. The van der Waals surface area contributed by atoms with Gasteiger partial charge in [0.25, 0.3) is 0 Å². The maximum Gasteiger partial charge on any atom is 0.335 e. The molecule has 0 unspecified atom stereocenters. The molecule has 1 heterocycles. The summed E-state index contributed by atoms with van der Waals surface area (Å²) in [6, 6.07) is 11.4. The molecule has 1 aromatic heterocycles. The van der Waals surface area contributed by atoms with E-state index in [4.69, 9.17) is 5.11 Å². The molecule has 0 spiro atoms. The van der Waals surface area contributed by atoms with Gasteiger partial charge in [0, 0.05) is 10.3 Å². The standard InChI is InChI=1S/C14H8FNO2S2/c15-10-6-5-8(13(17)18)7-12(10)19-14-9-3-1-2-4-11(9)16-20-14/h1-7H,(H,17,18). The van der Waals surface area contributed by atoms with Crippen LogP contribution in [0, 0.1) is 5.82 Å². The molecule has 3 rings (SSSR count). The van der Waals surface area contributed by atoms with Gasteiger partial charge in [-0.25, -0.2) is 9.18 Å². The molecule has 0 radical (unpaired) electrons. The van der Waals surface area contributed by atoms with Crippen LogP contribution in [-0.2, 0) is 0 Å². The van der Waals surface area contributed by atoms with Gasteiger partial charge in [-0.15, -0.1) is 0 Å². The van der Waals surface area contributed by atoms with E-state index in [0.717, 1.165) is 15.1 Å². The second-order valence-electron chi connectivity index (χ2n) is 4.04. The molecule has 3 nitrogen and oxygen atoms in total. The van der Waals surface area contributed by atoms with Crippen LogP contribution < -0.4 is 0 Å². The summed E-state index contributed by atoms with van der Waals surface area (Å²) in [5.41, 5.74) is 0.928. The largest absolute Gasteiger partial charge is 0.478 e. The zero-order valence-electron chi connectivity index (χ0n) is 10.0. The molecular weight excluding hydrogens is 297 g/mol. The summed E-state index contributed by atoms with van der Waals surface area (Å²) in [4.78, 5) is 11.2. The summed E-state index contributed by atoms with van der Waals surface area (Å²) in [6.07, 6.45) is 0. The quantitative estimate of drug-likeness (QED) is 0.784. The molecule has 0 fully saturated rings. The smallest absolute Gasteiger partial charge is 0.335 e. The number of carbonyl (C=O) groups is 1. The van der Waals surface area contributed by atoms with Crippen molar-refractivity contribution in [2.24, 2.45) is 0 Å². The maximum atomic E-state index is 13.8. The predicted molar refractivity (Wildman–Crippen MR) is 77.1 cm³/mol. The van der Waals surface area contributed by atoms with Crippen molar-refractivity contribution >= 4 is 40.2 Å². The van der Waals surface area contributed by atoms with E-state index in [9.17, 15) is 9.18 Å². The van der Waals surface area contributed by atoms with E-state index in [-0.39, 0.29) is 5.56 Å². The number of carboxylic acid groups (broad SMARTS) is 1. The molecule has 20 heavy (non-hydrogen) atoms. The number of carboxylic acids is 1. The highest BCUT2D eigenvalue weighted by Gasteiger charge is 2.13. The predicted octanol–water partition coefficient (Wildman–Crippen LogP) is 4.28. The third kappa shape index (κ3) is 2.39. The molecule has 1 N–H and O–H groups in total. The number of aromatic nitrogens is 1. The topological polar surface area (TPSA) is 50.2 Å². The molecule has 0 saturated carbocycles. The minimum absolute atomic E-state index is 0.0720. The van der Waals surface area contributed by atoms with Crippen molar-refractivity contribution in [3.8, 4) is 0 Å². The first-order valence-corrected chi connectivity index (χ1v) is 7.29. The van der Waals surface area contributed by atoms with E-state index in [0.29, 0.717) is 4.90 Å². The van der Waals surface area contributed by atoms with E-state index in [1.54, 1.807) is 0 Å². The normalized spacial score (nSPS) is 10.8. The van der Waals surface area contributed by atoms with Crippen molar-refractivity contribution < 1.29 is 14.3 Å². The molecule has 2 aromatic carbocycles. The van der Waals surface area contributed by atoms with Crippen LogP contribution in [0.15, 0.2) is 51.6 Å². The first-order chi connectivity index (χ1) is 9.65. The Kier molecular flexibility index (Phi) is 3.42. The number of aromatic carboxylic acids is 1. The van der Waals surface area contributed by atoms with Crippen LogP contribution in [0.5, 0.6) is 0 Å². The van der Waals surface area contributed by atoms with E-state index < -0.39 is 11.8 Å². The van der Waals surface area contributed by atoms with Crippen molar-refractivity contribution in [2.45, 2.75) is 9.10 Å². The summed E-state index contributed by atoms with van der Waals surface area (Å²) in [5.74, 6) is -1.50. The summed E-state index contributed by atoms with van der Waals surface area (Å²) < 4.78 is 18.9. The van der Waals surface area contributed by atoms with Gasteiger partial charge >= 0.3 is 5.97 Å². The van der Waals surface area contributed by atoms with Gasteiger partial charge in [0.1, 0.15) is 5.82 Å². The van der Waals surface area contributed by atoms with E-state index >= 15 is 0 Å². The average molecular weight is 305 g/mol. The number of fused-ring (bicyclic) bond motifs is 1. The Morgan fingerprint density at radius 2 is 2.05 bits per heavy atom. The highest BCUT2D eigenvalue weighted by atomic mass is 32.2. The van der Waals surface area contributed by atoms with Crippen molar-refractivity contribution in [1.82, 2.24) is 4.37 Å². The van der Waals surface area contributed by atoms with Gasteiger partial charge in [-0.1, -0.05) is 30.0 Å². The Hall–Kier alpha value is -1.92. The van der Waals surface area contributed by atoms with Gasteiger partial charge in [-0.3, -0.25) is 0 Å². The number of rotatable bonds is 3. The molecule has 6 heteroatoms. The highest BCUT2D eigenvalue weighted by Crippen LogP contribution is 2.38. The summed E-state index contributed by atoms with van der Waals surface area (Å²) in [7, 11) is 0. The average Bonchev–Trinajstić information content (AvgIpc) is 2.84. The van der Waals surface area contributed by atoms with Crippen LogP contribution in [0.1, 0.15) is 10.4 Å². The van der Waals surface area contributed by atoms with Gasteiger partial charge in [0.2, 0.25) is 0 Å². The molecule has 0 saturated heterocycles. The lowest BCUT2D eigenvalue weighted by atomic mass is 10.2. The third-order valence-electron chi connectivity index (χ3n) is 2.73. The van der Waals surface area contributed by atoms with Gasteiger partial charge in [0.15, 0.2) is 0 Å². The fourth-order valence-corrected chi connectivity index (χ4v) is 3.73. The molecule has 0 aliphatic carbocycles. The Morgan fingerprint density at radius 3 is 2.85 bits per heavy atom. The van der Waals surface area contributed by atoms with Crippen LogP contribution in [-0.4, -0.2) is 15.4 Å². The minimum atomic E-state index is -1.07. The summed E-state index contributed by atoms with van der Waals surface area (Å²) in [5, 5.41) is 9.90. The van der Waals surface area contributed by atoms with Crippen molar-refractivity contribution in [3.63, 3.8) is 0 Å². The number of halogens is 1. The highest BCUT2D eigenvalue weighted by molar-refractivity contribution is 8.01. The lowest BCUT2D eigenvalue weighted by Crippen LogP contribution is -1.96.